The van der Waals surface area contributed by atoms with E-state index in [-0.39, 0.29) is 47.7 Å². The maximum Gasteiger partial charge on any atom is 0.272 e. The van der Waals surface area contributed by atoms with Crippen molar-refractivity contribution >= 4 is 15.7 Å². The molecular formula is C21H29N3O5S. The van der Waals surface area contributed by atoms with Crippen LogP contribution in [0.15, 0.2) is 30.3 Å². The van der Waals surface area contributed by atoms with Gasteiger partial charge in [0, 0.05) is 5.56 Å². The van der Waals surface area contributed by atoms with Crippen molar-refractivity contribution in [3.05, 3.63) is 36.0 Å². The van der Waals surface area contributed by atoms with E-state index in [0.717, 1.165) is 12.0 Å². The summed E-state index contributed by atoms with van der Waals surface area (Å²) in [6.45, 7) is 3.80. The van der Waals surface area contributed by atoms with Crippen LogP contribution in [0.3, 0.4) is 0 Å². The third-order valence-corrected chi connectivity index (χ3v) is 7.50. The molecule has 2 aromatic rings. The van der Waals surface area contributed by atoms with Crippen LogP contribution in [-0.2, 0) is 9.84 Å². The molecule has 0 unspecified atom stereocenters. The van der Waals surface area contributed by atoms with Gasteiger partial charge in [-0.1, -0.05) is 20.3 Å². The third kappa shape index (κ3) is 4.84. The predicted octanol–water partition coefficient (Wildman–Crippen LogP) is 2.06. The van der Waals surface area contributed by atoms with Gasteiger partial charge in [-0.15, -0.1) is 0 Å². The molecule has 1 aromatic heterocycles. The Morgan fingerprint density at radius 3 is 2.60 bits per heavy atom. The number of hydrogen-bond donors (Lipinski definition) is 2. The van der Waals surface area contributed by atoms with E-state index < -0.39 is 9.84 Å². The van der Waals surface area contributed by atoms with Gasteiger partial charge in [0.1, 0.15) is 5.75 Å². The Balaban J connectivity index is 1.96. The molecule has 1 saturated heterocycles. The fourth-order valence-corrected chi connectivity index (χ4v) is 5.32. The highest BCUT2D eigenvalue weighted by Gasteiger charge is 2.32. The number of aliphatic hydroxyl groups excluding tert-OH is 1. The first-order valence-corrected chi connectivity index (χ1v) is 12.0. The fourth-order valence-electron chi connectivity index (χ4n) is 3.62. The number of hydrogen-bond acceptors (Lipinski definition) is 6. The lowest BCUT2D eigenvalue weighted by molar-refractivity contribution is 0.0885. The largest absolute Gasteiger partial charge is 0.497 e. The number of benzene rings is 1. The second-order valence-corrected chi connectivity index (χ2v) is 10.0. The number of nitrogens with one attached hydrogen (secondary N) is 1. The van der Waals surface area contributed by atoms with Crippen LogP contribution < -0.4 is 10.1 Å². The summed E-state index contributed by atoms with van der Waals surface area (Å²) < 4.78 is 30.9. The lowest BCUT2D eigenvalue weighted by Gasteiger charge is -2.21. The molecule has 1 aliphatic rings. The summed E-state index contributed by atoms with van der Waals surface area (Å²) in [7, 11) is -1.53. The molecule has 0 spiro atoms. The molecule has 0 saturated carbocycles. The first-order chi connectivity index (χ1) is 14.3. The van der Waals surface area contributed by atoms with E-state index in [1.54, 1.807) is 17.9 Å². The van der Waals surface area contributed by atoms with Crippen molar-refractivity contribution in [3.63, 3.8) is 0 Å². The number of aliphatic hydroxyl groups is 1. The number of aromatic nitrogens is 2. The zero-order chi connectivity index (χ0) is 21.9. The molecular weight excluding hydrogens is 406 g/mol. The minimum Gasteiger partial charge on any atom is -0.497 e. The number of methoxy groups -OCH3 is 1. The van der Waals surface area contributed by atoms with Crippen LogP contribution in [0.2, 0.25) is 0 Å². The second kappa shape index (κ2) is 9.18. The van der Waals surface area contributed by atoms with Gasteiger partial charge in [-0.25, -0.2) is 8.42 Å². The standard InChI is InChI=1S/C21H29N3O5S/c1-4-14(2)19(12-25)22-21(26)18-11-20(15-5-7-17(29-3)8-6-15)24(23-18)16-9-10-30(27,28)13-16/h5-8,11,14,16,19,25H,4,9-10,12-13H2,1-3H3,(H,22,26)/t14-,16+,19-/m0/s1. The van der Waals surface area contributed by atoms with E-state index in [1.165, 1.54) is 0 Å². The first-order valence-electron chi connectivity index (χ1n) is 10.1. The quantitative estimate of drug-likeness (QED) is 0.657. The number of rotatable bonds is 8. The Morgan fingerprint density at radius 2 is 2.07 bits per heavy atom. The van der Waals surface area contributed by atoms with Crippen molar-refractivity contribution in [2.24, 2.45) is 5.92 Å². The van der Waals surface area contributed by atoms with Gasteiger partial charge >= 0.3 is 0 Å². The van der Waals surface area contributed by atoms with E-state index in [4.69, 9.17) is 4.74 Å². The second-order valence-electron chi connectivity index (χ2n) is 7.79. The minimum absolute atomic E-state index is 0.00499. The minimum atomic E-state index is -3.12. The Morgan fingerprint density at radius 1 is 1.37 bits per heavy atom. The molecule has 0 radical (unpaired) electrons. The van der Waals surface area contributed by atoms with Crippen molar-refractivity contribution < 1.29 is 23.1 Å². The first kappa shape index (κ1) is 22.3. The van der Waals surface area contributed by atoms with E-state index in [2.05, 4.69) is 10.4 Å². The van der Waals surface area contributed by atoms with E-state index >= 15 is 0 Å². The summed E-state index contributed by atoms with van der Waals surface area (Å²) in [5.74, 6) is 0.545. The molecule has 0 bridgehead atoms. The molecule has 8 nitrogen and oxygen atoms in total. The molecule has 3 rings (SSSR count). The molecule has 1 fully saturated rings. The Kier molecular flexibility index (Phi) is 6.82. The Hall–Kier alpha value is -2.39. The number of ether oxygens (including phenoxy) is 1. The van der Waals surface area contributed by atoms with Gasteiger partial charge in [-0.05, 0) is 42.7 Å². The average molecular weight is 436 g/mol. The van der Waals surface area contributed by atoms with Gasteiger partial charge in [0.15, 0.2) is 15.5 Å². The van der Waals surface area contributed by atoms with Gasteiger partial charge in [0.25, 0.3) is 5.91 Å². The van der Waals surface area contributed by atoms with Crippen LogP contribution in [-0.4, -0.2) is 60.5 Å². The maximum atomic E-state index is 12.8. The van der Waals surface area contributed by atoms with Gasteiger partial charge in [0.2, 0.25) is 0 Å². The molecule has 30 heavy (non-hydrogen) atoms. The summed E-state index contributed by atoms with van der Waals surface area (Å²) in [5, 5.41) is 16.9. The van der Waals surface area contributed by atoms with Crippen molar-refractivity contribution in [3.8, 4) is 17.0 Å². The van der Waals surface area contributed by atoms with Gasteiger partial charge in [-0.3, -0.25) is 9.48 Å². The van der Waals surface area contributed by atoms with E-state index in [1.807, 2.05) is 38.1 Å². The van der Waals surface area contributed by atoms with Crippen LogP contribution in [0, 0.1) is 5.92 Å². The van der Waals surface area contributed by atoms with Crippen LogP contribution in [0.25, 0.3) is 11.3 Å². The molecule has 1 aromatic carbocycles. The molecule has 2 heterocycles. The average Bonchev–Trinajstić information content (AvgIpc) is 3.34. The molecule has 9 heteroatoms. The molecule has 3 atom stereocenters. The Bertz CT molecular complexity index is 985. The van der Waals surface area contributed by atoms with Crippen molar-refractivity contribution in [2.75, 3.05) is 25.2 Å². The van der Waals surface area contributed by atoms with Gasteiger partial charge in [-0.2, -0.15) is 5.10 Å². The third-order valence-electron chi connectivity index (χ3n) is 5.75. The Labute approximate surface area is 177 Å². The maximum absolute atomic E-state index is 12.8. The smallest absolute Gasteiger partial charge is 0.272 e. The summed E-state index contributed by atoms with van der Waals surface area (Å²) in [4.78, 5) is 12.8. The predicted molar refractivity (Wildman–Crippen MR) is 114 cm³/mol. The van der Waals surface area contributed by atoms with Crippen LogP contribution >= 0.6 is 0 Å². The summed E-state index contributed by atoms with van der Waals surface area (Å²) in [6.07, 6.45) is 1.28. The molecule has 1 aliphatic heterocycles. The summed E-state index contributed by atoms with van der Waals surface area (Å²) in [5.41, 5.74) is 1.69. The topological polar surface area (TPSA) is 111 Å². The summed E-state index contributed by atoms with van der Waals surface area (Å²) >= 11 is 0. The van der Waals surface area contributed by atoms with Crippen molar-refractivity contribution in [1.82, 2.24) is 15.1 Å². The van der Waals surface area contributed by atoms with Crippen LogP contribution in [0.1, 0.15) is 43.2 Å². The highest BCUT2D eigenvalue weighted by molar-refractivity contribution is 7.91. The van der Waals surface area contributed by atoms with Gasteiger partial charge < -0.3 is 15.2 Å². The van der Waals surface area contributed by atoms with E-state index in [0.29, 0.717) is 17.9 Å². The SMILES string of the molecule is CC[C@H](C)[C@H](CO)NC(=O)c1cc(-c2ccc(OC)cc2)n([C@@H]2CCS(=O)(=O)C2)n1. The fraction of sp³-hybridized carbons (Fsp3) is 0.524. The lowest BCUT2D eigenvalue weighted by atomic mass is 10.00. The zero-order valence-corrected chi connectivity index (χ0v) is 18.4. The number of carbonyl (C=O) groups excluding carboxylic acids is 1. The summed E-state index contributed by atoms with van der Waals surface area (Å²) in [6, 6.07) is 8.30. The highest BCUT2D eigenvalue weighted by Crippen LogP contribution is 2.31. The monoisotopic (exact) mass is 435 g/mol. The zero-order valence-electron chi connectivity index (χ0n) is 17.5. The van der Waals surface area contributed by atoms with E-state index in [9.17, 15) is 18.3 Å². The molecule has 164 valence electrons. The lowest BCUT2D eigenvalue weighted by Crippen LogP contribution is -2.42. The van der Waals surface area contributed by atoms with Crippen LogP contribution in [0.5, 0.6) is 5.75 Å². The molecule has 2 N–H and O–H groups in total. The normalized spacial score (nSPS) is 19.9. The number of nitrogens with zero attached hydrogens (tertiary/aromatic N) is 2. The van der Waals surface area contributed by atoms with Crippen LogP contribution in [0.4, 0.5) is 0 Å². The number of sulfone groups is 1. The van der Waals surface area contributed by atoms with Gasteiger partial charge in [0.05, 0.1) is 43.0 Å². The van der Waals surface area contributed by atoms with Crippen molar-refractivity contribution in [2.45, 2.75) is 38.8 Å². The highest BCUT2D eigenvalue weighted by atomic mass is 32.2. The molecule has 1 amide bonds. The number of amides is 1. The molecule has 0 aliphatic carbocycles. The van der Waals surface area contributed by atoms with Crippen molar-refractivity contribution in [1.29, 1.82) is 0 Å². The number of carbonyl (C=O) groups is 1.